The first-order valence-corrected chi connectivity index (χ1v) is 9.96. The van der Waals surface area contributed by atoms with Crippen LogP contribution >= 0.6 is 0 Å². The van der Waals surface area contributed by atoms with Gasteiger partial charge in [0.05, 0.1) is 21.3 Å². The molecule has 0 bridgehead atoms. The van der Waals surface area contributed by atoms with Crippen molar-refractivity contribution in [2.24, 2.45) is 0 Å². The molecule has 0 radical (unpaired) electrons. The molecule has 0 saturated carbocycles. The highest BCUT2D eigenvalue weighted by molar-refractivity contribution is 5.54. The molecule has 0 unspecified atom stereocenters. The van der Waals surface area contributed by atoms with E-state index in [0.29, 0.717) is 14.2 Å². The van der Waals surface area contributed by atoms with Gasteiger partial charge in [-0.15, -0.1) is 0 Å². The molecule has 0 N–H and O–H groups in total. The van der Waals surface area contributed by atoms with Crippen LogP contribution in [0.5, 0.6) is 17.2 Å². The molecule has 0 aliphatic heterocycles. The Morgan fingerprint density at radius 1 is 0.372 bits per heavy atom. The molecule has 0 fully saturated rings. The molecule has 1 aromatic rings. The number of benzene rings is 1. The molecule has 0 saturated heterocycles. The van der Waals surface area contributed by atoms with E-state index in [1.165, 1.54) is 0 Å². The van der Waals surface area contributed by atoms with E-state index in [1.54, 1.807) is 0 Å². The van der Waals surface area contributed by atoms with Crippen LogP contribution in [-0.4, -0.2) is 74.9 Å². The third-order valence-electron chi connectivity index (χ3n) is 5.54. The zero-order valence-corrected chi connectivity index (χ0v) is 20.3. The highest BCUT2D eigenvalue weighted by Gasteiger charge is 2.98. The maximum atomic E-state index is 14.8. The molecule has 0 aliphatic rings. The van der Waals surface area contributed by atoms with Crippen molar-refractivity contribution >= 4 is 0 Å². The SMILES string of the molecule is COc1cc(OC)c(C(F)(F)C(F)(F)C(F)(F)C(F)(F)C(F)(F)C(F)(F)C(F)(F)C(F)(F)C(F)(F)C(F)(F)F)c(OC)c1. The van der Waals surface area contributed by atoms with E-state index >= 15 is 0 Å². The first kappa shape index (κ1) is 38.2. The molecule has 1 rings (SSSR count). The molecule has 24 heteroatoms. The van der Waals surface area contributed by atoms with Gasteiger partial charge < -0.3 is 14.2 Å². The summed E-state index contributed by atoms with van der Waals surface area (Å²) in [5.74, 6) is -82.3. The molecule has 1 aromatic carbocycles. The molecular formula is C19H11F21O3. The Morgan fingerprint density at radius 3 is 0.860 bits per heavy atom. The van der Waals surface area contributed by atoms with Crippen LogP contribution in [0.2, 0.25) is 0 Å². The molecule has 0 amide bonds. The smallest absolute Gasteiger partial charge is 0.460 e. The van der Waals surface area contributed by atoms with Crippen LogP contribution in [0.3, 0.4) is 0 Å². The van der Waals surface area contributed by atoms with Crippen LogP contribution in [0, 0.1) is 0 Å². The average Bonchev–Trinajstić information content (AvgIpc) is 2.85. The molecule has 0 atom stereocenters. The summed E-state index contributed by atoms with van der Waals surface area (Å²) >= 11 is 0. The zero-order valence-electron chi connectivity index (χ0n) is 20.3. The van der Waals surface area contributed by atoms with E-state index in [1.807, 2.05) is 0 Å². The fourth-order valence-corrected chi connectivity index (χ4v) is 3.03. The Morgan fingerprint density at radius 2 is 0.628 bits per heavy atom. The Hall–Kier alpha value is -2.85. The maximum absolute atomic E-state index is 14.8. The number of methoxy groups -OCH3 is 3. The van der Waals surface area contributed by atoms with Gasteiger partial charge in [0, 0.05) is 12.1 Å². The van der Waals surface area contributed by atoms with Crippen molar-refractivity contribution in [2.45, 2.75) is 59.5 Å². The number of hydrogen-bond acceptors (Lipinski definition) is 3. The van der Waals surface area contributed by atoms with Crippen molar-refractivity contribution in [3.05, 3.63) is 17.7 Å². The molecule has 0 spiro atoms. The highest BCUT2D eigenvalue weighted by atomic mass is 19.4. The fraction of sp³-hybridized carbons (Fsp3) is 0.684. The lowest BCUT2D eigenvalue weighted by Gasteiger charge is -2.44. The van der Waals surface area contributed by atoms with Gasteiger partial charge in [-0.05, 0) is 0 Å². The molecule has 0 aromatic heterocycles. The molecular weight excluding hydrogens is 675 g/mol. The van der Waals surface area contributed by atoms with Crippen molar-refractivity contribution in [1.82, 2.24) is 0 Å². The lowest BCUT2D eigenvalue weighted by molar-refractivity contribution is -0.474. The topological polar surface area (TPSA) is 27.7 Å². The number of rotatable bonds is 12. The van der Waals surface area contributed by atoms with Gasteiger partial charge in [0.1, 0.15) is 22.8 Å². The molecule has 252 valence electrons. The zero-order chi connectivity index (χ0) is 34.8. The fourth-order valence-electron chi connectivity index (χ4n) is 3.03. The normalized spacial score (nSPS) is 15.4. The average molecular weight is 686 g/mol. The number of alkyl halides is 21. The standard InChI is InChI=1S/C19H11F21O3/c1-41-6-4-7(42-2)9(8(5-6)43-3)10(20,21)11(22,23)12(24,25)13(26,27)14(28,29)15(30,31)16(32,33)17(34,35)18(36,37)19(38,39)40/h4-5H,1-3H3. The Bertz CT molecular complexity index is 1150. The van der Waals surface area contributed by atoms with Crippen molar-refractivity contribution in [3.63, 3.8) is 0 Å². The van der Waals surface area contributed by atoms with E-state index in [4.69, 9.17) is 0 Å². The van der Waals surface area contributed by atoms with Gasteiger partial charge in [0.15, 0.2) is 0 Å². The Labute approximate surface area is 223 Å². The summed E-state index contributed by atoms with van der Waals surface area (Å²) in [6, 6.07) is 0.259. The van der Waals surface area contributed by atoms with Crippen LogP contribution in [0.25, 0.3) is 0 Å². The minimum Gasteiger partial charge on any atom is -0.496 e. The Kier molecular flexibility index (Phi) is 9.20. The Balaban J connectivity index is 4.00. The monoisotopic (exact) mass is 686 g/mol. The lowest BCUT2D eigenvalue weighted by atomic mass is 9.85. The molecule has 3 nitrogen and oxygen atoms in total. The first-order chi connectivity index (χ1) is 18.7. The predicted octanol–water partition coefficient (Wildman–Crippen LogP) is 8.45. The summed E-state index contributed by atoms with van der Waals surface area (Å²) in [4.78, 5) is 0. The summed E-state index contributed by atoms with van der Waals surface area (Å²) in [7, 11) is 1.38. The minimum atomic E-state index is -9.24. The summed E-state index contributed by atoms with van der Waals surface area (Å²) in [6.07, 6.45) is -8.04. The van der Waals surface area contributed by atoms with Crippen molar-refractivity contribution < 1.29 is 106 Å². The highest BCUT2D eigenvalue weighted by Crippen LogP contribution is 2.67. The molecule has 43 heavy (non-hydrogen) atoms. The summed E-state index contributed by atoms with van der Waals surface area (Å²) in [5.41, 5.74) is -2.74. The van der Waals surface area contributed by atoms with Gasteiger partial charge in [-0.2, -0.15) is 92.2 Å². The van der Waals surface area contributed by atoms with E-state index in [9.17, 15) is 92.2 Å². The van der Waals surface area contributed by atoms with Crippen molar-refractivity contribution in [2.75, 3.05) is 21.3 Å². The third-order valence-corrected chi connectivity index (χ3v) is 5.54. The second-order valence-corrected chi connectivity index (χ2v) is 8.07. The van der Waals surface area contributed by atoms with E-state index in [-0.39, 0.29) is 12.1 Å². The maximum Gasteiger partial charge on any atom is 0.460 e. The van der Waals surface area contributed by atoms with E-state index in [0.717, 1.165) is 7.11 Å². The van der Waals surface area contributed by atoms with Crippen LogP contribution < -0.4 is 14.2 Å². The molecule has 0 aliphatic carbocycles. The van der Waals surface area contributed by atoms with Crippen molar-refractivity contribution in [3.8, 4) is 17.2 Å². The quantitative estimate of drug-likeness (QED) is 0.207. The lowest BCUT2D eigenvalue weighted by Crippen LogP contribution is -2.76. The number of hydrogen-bond donors (Lipinski definition) is 0. The van der Waals surface area contributed by atoms with Gasteiger partial charge in [-0.3, -0.25) is 0 Å². The van der Waals surface area contributed by atoms with Gasteiger partial charge in [-0.1, -0.05) is 0 Å². The van der Waals surface area contributed by atoms with Crippen molar-refractivity contribution in [1.29, 1.82) is 0 Å². The minimum absolute atomic E-state index is 0.129. The van der Waals surface area contributed by atoms with E-state index in [2.05, 4.69) is 14.2 Å². The van der Waals surface area contributed by atoms with Crippen LogP contribution in [0.4, 0.5) is 92.2 Å². The largest absolute Gasteiger partial charge is 0.496 e. The second kappa shape index (κ2) is 10.4. The summed E-state index contributed by atoms with van der Waals surface area (Å²) in [5, 5.41) is 0. The van der Waals surface area contributed by atoms with Crippen LogP contribution in [-0.2, 0) is 5.92 Å². The summed E-state index contributed by atoms with van der Waals surface area (Å²) < 4.78 is 299. The van der Waals surface area contributed by atoms with Crippen LogP contribution in [0.1, 0.15) is 5.56 Å². The number of ether oxygens (including phenoxy) is 3. The number of halogens is 21. The van der Waals surface area contributed by atoms with Crippen LogP contribution in [0.15, 0.2) is 12.1 Å². The van der Waals surface area contributed by atoms with Gasteiger partial charge in [-0.25, -0.2) is 0 Å². The third kappa shape index (κ3) is 4.80. The molecule has 0 heterocycles. The predicted molar refractivity (Wildman–Crippen MR) is 95.6 cm³/mol. The van der Waals surface area contributed by atoms with Gasteiger partial charge >= 0.3 is 59.5 Å². The summed E-state index contributed by atoms with van der Waals surface area (Å²) in [6.45, 7) is 0. The second-order valence-electron chi connectivity index (χ2n) is 8.07. The van der Waals surface area contributed by atoms with Gasteiger partial charge in [0.2, 0.25) is 0 Å². The van der Waals surface area contributed by atoms with Gasteiger partial charge in [0.25, 0.3) is 0 Å². The van der Waals surface area contributed by atoms with E-state index < -0.39 is 82.3 Å². The first-order valence-electron chi connectivity index (χ1n) is 9.96.